The molecule has 116 valence electrons. The van der Waals surface area contributed by atoms with Crippen molar-refractivity contribution in [3.05, 3.63) is 76.9 Å². The molecule has 1 amide bonds. The maximum Gasteiger partial charge on any atom is 0.226 e. The lowest BCUT2D eigenvalue weighted by Crippen LogP contribution is -2.24. The summed E-state index contributed by atoms with van der Waals surface area (Å²) in [6.45, 7) is 0.458. The first-order chi connectivity index (χ1) is 11.2. The minimum absolute atomic E-state index is 0.104. The number of hydrogen-bond donors (Lipinski definition) is 1. The second kappa shape index (κ2) is 7.11. The van der Waals surface area contributed by atoms with E-state index < -0.39 is 0 Å². The van der Waals surface area contributed by atoms with Crippen molar-refractivity contribution in [2.75, 3.05) is 0 Å². The fourth-order valence-corrected chi connectivity index (χ4v) is 2.29. The van der Waals surface area contributed by atoms with Crippen LogP contribution in [0.15, 0.2) is 65.2 Å². The molecule has 1 N–H and O–H groups in total. The van der Waals surface area contributed by atoms with Crippen LogP contribution in [-0.2, 0) is 17.8 Å². The number of halogens is 1. The number of rotatable bonds is 5. The van der Waals surface area contributed by atoms with E-state index in [-0.39, 0.29) is 12.3 Å². The Morgan fingerprint density at radius 1 is 1.09 bits per heavy atom. The number of nitrogens with one attached hydrogen (secondary N) is 1. The van der Waals surface area contributed by atoms with Crippen LogP contribution in [-0.4, -0.2) is 11.1 Å². The molecule has 0 bridgehead atoms. The quantitative estimate of drug-likeness (QED) is 0.774. The third kappa shape index (κ3) is 4.20. The van der Waals surface area contributed by atoms with Gasteiger partial charge in [-0.25, -0.2) is 0 Å². The molecule has 0 unspecified atom stereocenters. The van der Waals surface area contributed by atoms with E-state index in [2.05, 4.69) is 10.5 Å². The Balaban J connectivity index is 1.56. The van der Waals surface area contributed by atoms with Crippen molar-refractivity contribution in [2.24, 2.45) is 0 Å². The Morgan fingerprint density at radius 2 is 1.83 bits per heavy atom. The first-order valence-corrected chi connectivity index (χ1v) is 7.60. The highest BCUT2D eigenvalue weighted by Crippen LogP contribution is 2.19. The van der Waals surface area contributed by atoms with E-state index in [0.717, 1.165) is 11.1 Å². The van der Waals surface area contributed by atoms with Gasteiger partial charge in [0.05, 0.1) is 12.1 Å². The molecule has 0 aliphatic carbocycles. The first kappa shape index (κ1) is 15.3. The Labute approximate surface area is 139 Å². The average Bonchev–Trinajstić information content (AvgIpc) is 3.04. The summed E-state index contributed by atoms with van der Waals surface area (Å²) < 4.78 is 5.28. The van der Waals surface area contributed by atoms with Gasteiger partial charge in [-0.2, -0.15) is 0 Å². The minimum Gasteiger partial charge on any atom is -0.356 e. The fraction of sp³-hybridized carbons (Fsp3) is 0.111. The van der Waals surface area contributed by atoms with Crippen LogP contribution in [0.2, 0.25) is 5.02 Å². The molecule has 0 fully saturated rings. The SMILES string of the molecule is O=C(Cc1cc(-c2ccccc2)on1)NCc1ccc(Cl)cc1. The molecule has 5 heteroatoms. The monoisotopic (exact) mass is 326 g/mol. The molecule has 2 aromatic carbocycles. The van der Waals surface area contributed by atoms with E-state index in [4.69, 9.17) is 16.1 Å². The van der Waals surface area contributed by atoms with Gasteiger partial charge in [0.1, 0.15) is 0 Å². The highest BCUT2D eigenvalue weighted by molar-refractivity contribution is 6.30. The molecule has 0 saturated heterocycles. The molecule has 0 aliphatic rings. The number of hydrogen-bond acceptors (Lipinski definition) is 3. The number of carbonyl (C=O) groups excluding carboxylic acids is 1. The fourth-order valence-electron chi connectivity index (χ4n) is 2.16. The van der Waals surface area contributed by atoms with Crippen LogP contribution in [0.25, 0.3) is 11.3 Å². The van der Waals surface area contributed by atoms with Gasteiger partial charge in [0.25, 0.3) is 0 Å². The molecular weight excluding hydrogens is 312 g/mol. The van der Waals surface area contributed by atoms with E-state index in [0.29, 0.717) is 23.0 Å². The number of carbonyl (C=O) groups is 1. The Hall–Kier alpha value is -2.59. The van der Waals surface area contributed by atoms with E-state index in [1.54, 1.807) is 18.2 Å². The van der Waals surface area contributed by atoms with Crippen LogP contribution >= 0.6 is 11.6 Å². The normalized spacial score (nSPS) is 10.5. The van der Waals surface area contributed by atoms with E-state index in [1.165, 1.54) is 0 Å². The van der Waals surface area contributed by atoms with Gasteiger partial charge in [-0.3, -0.25) is 4.79 Å². The molecule has 0 saturated carbocycles. The summed E-state index contributed by atoms with van der Waals surface area (Å²) in [7, 11) is 0. The molecule has 0 radical (unpaired) electrons. The largest absolute Gasteiger partial charge is 0.356 e. The topological polar surface area (TPSA) is 55.1 Å². The maximum atomic E-state index is 12.0. The summed E-state index contributed by atoms with van der Waals surface area (Å²) in [4.78, 5) is 12.0. The molecule has 1 heterocycles. The maximum absolute atomic E-state index is 12.0. The molecule has 1 aromatic heterocycles. The summed E-state index contributed by atoms with van der Waals surface area (Å²) in [5, 5.41) is 7.48. The van der Waals surface area contributed by atoms with Gasteiger partial charge in [0, 0.05) is 23.2 Å². The van der Waals surface area contributed by atoms with Gasteiger partial charge in [-0.15, -0.1) is 0 Å². The average molecular weight is 327 g/mol. The number of aromatic nitrogens is 1. The van der Waals surface area contributed by atoms with Crippen molar-refractivity contribution in [1.29, 1.82) is 0 Å². The standard InChI is InChI=1S/C18H15ClN2O2/c19-15-8-6-13(7-9-15)12-20-18(22)11-16-10-17(23-21-16)14-4-2-1-3-5-14/h1-10H,11-12H2,(H,20,22). The highest BCUT2D eigenvalue weighted by atomic mass is 35.5. The molecule has 0 spiro atoms. The van der Waals surface area contributed by atoms with E-state index >= 15 is 0 Å². The number of amides is 1. The third-order valence-electron chi connectivity index (χ3n) is 3.36. The lowest BCUT2D eigenvalue weighted by molar-refractivity contribution is -0.120. The van der Waals surface area contributed by atoms with Gasteiger partial charge in [0.15, 0.2) is 5.76 Å². The molecule has 3 rings (SSSR count). The lowest BCUT2D eigenvalue weighted by atomic mass is 10.1. The van der Waals surface area contributed by atoms with Crippen LogP contribution in [0.3, 0.4) is 0 Å². The Kier molecular flexibility index (Phi) is 4.74. The number of nitrogens with zero attached hydrogens (tertiary/aromatic N) is 1. The molecule has 4 nitrogen and oxygen atoms in total. The van der Waals surface area contributed by atoms with Gasteiger partial charge in [0.2, 0.25) is 5.91 Å². The minimum atomic E-state index is -0.104. The van der Waals surface area contributed by atoms with Crippen molar-refractivity contribution < 1.29 is 9.32 Å². The van der Waals surface area contributed by atoms with Gasteiger partial charge in [-0.05, 0) is 17.7 Å². The molecule has 0 aliphatic heterocycles. The molecule has 3 aromatic rings. The third-order valence-corrected chi connectivity index (χ3v) is 3.61. The summed E-state index contributed by atoms with van der Waals surface area (Å²) in [5.74, 6) is 0.555. The van der Waals surface area contributed by atoms with Gasteiger partial charge < -0.3 is 9.84 Å². The lowest BCUT2D eigenvalue weighted by Gasteiger charge is -2.04. The van der Waals surface area contributed by atoms with Crippen LogP contribution < -0.4 is 5.32 Å². The summed E-state index contributed by atoms with van der Waals surface area (Å²) in [5.41, 5.74) is 2.54. The zero-order chi connectivity index (χ0) is 16.1. The second-order valence-corrected chi connectivity index (χ2v) is 5.56. The van der Waals surface area contributed by atoms with Gasteiger partial charge >= 0.3 is 0 Å². The summed E-state index contributed by atoms with van der Waals surface area (Å²) in [6, 6.07) is 18.8. The van der Waals surface area contributed by atoms with Crippen LogP contribution in [0.4, 0.5) is 0 Å². The highest BCUT2D eigenvalue weighted by Gasteiger charge is 2.10. The predicted octanol–water partition coefficient (Wildman–Crippen LogP) is 3.85. The predicted molar refractivity (Wildman–Crippen MR) is 88.9 cm³/mol. The summed E-state index contributed by atoms with van der Waals surface area (Å²) >= 11 is 5.83. The zero-order valence-corrected chi connectivity index (χ0v) is 13.1. The number of benzene rings is 2. The van der Waals surface area contributed by atoms with Crippen molar-refractivity contribution in [2.45, 2.75) is 13.0 Å². The van der Waals surface area contributed by atoms with Crippen LogP contribution in [0, 0.1) is 0 Å². The zero-order valence-electron chi connectivity index (χ0n) is 12.3. The van der Waals surface area contributed by atoms with Crippen molar-refractivity contribution >= 4 is 17.5 Å². The molecule has 23 heavy (non-hydrogen) atoms. The first-order valence-electron chi connectivity index (χ1n) is 7.23. The van der Waals surface area contributed by atoms with E-state index in [1.807, 2.05) is 42.5 Å². The Morgan fingerprint density at radius 3 is 2.57 bits per heavy atom. The van der Waals surface area contributed by atoms with Crippen LogP contribution in [0.1, 0.15) is 11.3 Å². The van der Waals surface area contributed by atoms with Crippen molar-refractivity contribution in [1.82, 2.24) is 10.5 Å². The Bertz CT molecular complexity index is 782. The van der Waals surface area contributed by atoms with Crippen LogP contribution in [0.5, 0.6) is 0 Å². The summed E-state index contributed by atoms with van der Waals surface area (Å²) in [6.07, 6.45) is 0.184. The molecule has 0 atom stereocenters. The van der Waals surface area contributed by atoms with Gasteiger partial charge in [-0.1, -0.05) is 59.2 Å². The van der Waals surface area contributed by atoms with Crippen molar-refractivity contribution in [3.8, 4) is 11.3 Å². The smallest absolute Gasteiger partial charge is 0.226 e. The molecular formula is C18H15ClN2O2. The van der Waals surface area contributed by atoms with E-state index in [9.17, 15) is 4.79 Å². The van der Waals surface area contributed by atoms with Crippen molar-refractivity contribution in [3.63, 3.8) is 0 Å². The second-order valence-electron chi connectivity index (χ2n) is 5.13.